The van der Waals surface area contributed by atoms with Crippen LogP contribution in [0, 0.1) is 0 Å². The van der Waals surface area contributed by atoms with E-state index in [9.17, 15) is 9.59 Å². The highest BCUT2D eigenvalue weighted by Crippen LogP contribution is 2.30. The van der Waals surface area contributed by atoms with Crippen LogP contribution in [0.3, 0.4) is 0 Å². The number of para-hydroxylation sites is 1. The largest absolute Gasteiger partial charge is 0.326 e. The molecule has 0 radical (unpaired) electrons. The number of fused-ring (bicyclic) bond motifs is 2. The first-order chi connectivity index (χ1) is 13.1. The van der Waals surface area contributed by atoms with Crippen LogP contribution in [0.5, 0.6) is 0 Å². The van der Waals surface area contributed by atoms with E-state index >= 15 is 0 Å². The molecule has 2 aromatic carbocycles. The number of aryl methyl sites for hydroxylation is 1. The second-order valence-corrected chi connectivity index (χ2v) is 7.86. The van der Waals surface area contributed by atoms with Gasteiger partial charge in [0.2, 0.25) is 11.8 Å². The van der Waals surface area contributed by atoms with Gasteiger partial charge >= 0.3 is 0 Å². The van der Waals surface area contributed by atoms with Crippen molar-refractivity contribution in [3.8, 4) is 0 Å². The summed E-state index contributed by atoms with van der Waals surface area (Å²) in [5.74, 6) is 0.0675. The number of carbonyl (C=O) groups is 2. The zero-order chi connectivity index (χ0) is 18.8. The molecule has 0 saturated carbocycles. The first-order valence-electron chi connectivity index (χ1n) is 9.15. The smallest absolute Gasteiger partial charge is 0.224 e. The van der Waals surface area contributed by atoms with E-state index in [4.69, 9.17) is 0 Å². The molecule has 4 rings (SSSR count). The Hall–Kier alpha value is -2.73. The average Bonchev–Trinajstić information content (AvgIpc) is 3.24. The predicted octanol–water partition coefficient (Wildman–Crippen LogP) is 4.17. The Bertz CT molecular complexity index is 979. The number of amides is 2. The van der Waals surface area contributed by atoms with Crippen molar-refractivity contribution in [1.82, 2.24) is 4.98 Å². The van der Waals surface area contributed by atoms with Gasteiger partial charge in [-0.3, -0.25) is 9.59 Å². The van der Waals surface area contributed by atoms with Crippen LogP contribution in [0.2, 0.25) is 0 Å². The van der Waals surface area contributed by atoms with Gasteiger partial charge in [0.15, 0.2) is 0 Å². The lowest BCUT2D eigenvalue weighted by Gasteiger charge is -2.15. The van der Waals surface area contributed by atoms with Gasteiger partial charge < -0.3 is 10.2 Å². The molecular formula is C21H21N3O2S. The minimum atomic E-state index is 0.0116. The maximum Gasteiger partial charge on any atom is 0.224 e. The lowest BCUT2D eigenvalue weighted by atomic mass is 10.1. The second-order valence-electron chi connectivity index (χ2n) is 6.74. The third kappa shape index (κ3) is 3.85. The van der Waals surface area contributed by atoms with Gasteiger partial charge in [-0.1, -0.05) is 12.1 Å². The molecule has 138 valence electrons. The molecular weight excluding hydrogens is 358 g/mol. The number of rotatable bonds is 5. The molecule has 27 heavy (non-hydrogen) atoms. The number of nitrogens with one attached hydrogen (secondary N) is 1. The van der Waals surface area contributed by atoms with Crippen molar-refractivity contribution in [3.63, 3.8) is 0 Å². The molecule has 0 unspecified atom stereocenters. The topological polar surface area (TPSA) is 62.3 Å². The fraction of sp³-hybridized carbons (Fsp3) is 0.286. The molecule has 1 aliphatic rings. The van der Waals surface area contributed by atoms with Gasteiger partial charge in [-0.05, 0) is 55.2 Å². The Balaban J connectivity index is 1.31. The summed E-state index contributed by atoms with van der Waals surface area (Å²) in [4.78, 5) is 30.3. The van der Waals surface area contributed by atoms with E-state index in [-0.39, 0.29) is 11.8 Å². The molecule has 0 aliphatic carbocycles. The van der Waals surface area contributed by atoms with Crippen molar-refractivity contribution in [3.05, 3.63) is 53.0 Å². The summed E-state index contributed by atoms with van der Waals surface area (Å²) < 4.78 is 1.19. The molecule has 1 aromatic heterocycles. The quantitative estimate of drug-likeness (QED) is 0.724. The van der Waals surface area contributed by atoms with E-state index in [0.717, 1.165) is 46.7 Å². The van der Waals surface area contributed by atoms with Crippen LogP contribution >= 0.6 is 11.3 Å². The molecule has 5 nitrogen and oxygen atoms in total. The van der Waals surface area contributed by atoms with Crippen molar-refractivity contribution in [2.45, 2.75) is 32.6 Å². The standard InChI is InChI=1S/C21H21N3O2S/c1-14(25)24-12-11-15-13-16(9-10-18(15)24)22-20(26)7-4-8-21-23-17-5-2-3-6-19(17)27-21/h2-3,5-6,9-10,13H,4,7-8,11-12H2,1H3,(H,22,26). The van der Waals surface area contributed by atoms with Gasteiger partial charge in [-0.25, -0.2) is 4.98 Å². The predicted molar refractivity (Wildman–Crippen MR) is 109 cm³/mol. The van der Waals surface area contributed by atoms with Crippen LogP contribution in [-0.4, -0.2) is 23.3 Å². The first-order valence-corrected chi connectivity index (χ1v) is 9.97. The van der Waals surface area contributed by atoms with E-state index in [1.807, 2.05) is 36.4 Å². The molecule has 3 aromatic rings. The van der Waals surface area contributed by atoms with E-state index in [1.165, 1.54) is 4.70 Å². The molecule has 0 bridgehead atoms. The summed E-state index contributed by atoms with van der Waals surface area (Å²) in [5, 5.41) is 4.04. The number of nitrogens with zero attached hydrogens (tertiary/aromatic N) is 2. The lowest BCUT2D eigenvalue weighted by molar-refractivity contribution is -0.117. The Morgan fingerprint density at radius 3 is 2.89 bits per heavy atom. The summed E-state index contributed by atoms with van der Waals surface area (Å²) in [7, 11) is 0. The highest BCUT2D eigenvalue weighted by atomic mass is 32.1. The lowest BCUT2D eigenvalue weighted by Crippen LogP contribution is -2.25. The van der Waals surface area contributed by atoms with Crippen molar-refractivity contribution >= 4 is 44.7 Å². The molecule has 0 fully saturated rings. The van der Waals surface area contributed by atoms with Crippen molar-refractivity contribution < 1.29 is 9.59 Å². The van der Waals surface area contributed by atoms with Crippen molar-refractivity contribution in [2.75, 3.05) is 16.8 Å². The van der Waals surface area contributed by atoms with E-state index in [1.54, 1.807) is 23.2 Å². The van der Waals surface area contributed by atoms with Gasteiger partial charge in [-0.15, -0.1) is 11.3 Å². The Kier molecular flexibility index (Phi) is 4.90. The van der Waals surface area contributed by atoms with Crippen molar-refractivity contribution in [1.29, 1.82) is 0 Å². The zero-order valence-corrected chi connectivity index (χ0v) is 16.0. The Labute approximate surface area is 162 Å². The third-order valence-corrected chi connectivity index (χ3v) is 5.87. The maximum absolute atomic E-state index is 12.3. The number of thiazole rings is 1. The van der Waals surface area contributed by atoms with Crippen LogP contribution in [0.4, 0.5) is 11.4 Å². The second kappa shape index (κ2) is 7.48. The van der Waals surface area contributed by atoms with Crippen molar-refractivity contribution in [2.24, 2.45) is 0 Å². The van der Waals surface area contributed by atoms with E-state index < -0.39 is 0 Å². The molecule has 1 aliphatic heterocycles. The average molecular weight is 379 g/mol. The summed E-state index contributed by atoms with van der Waals surface area (Å²) in [6.07, 6.45) is 2.88. The molecule has 2 amide bonds. The van der Waals surface area contributed by atoms with Crippen LogP contribution in [-0.2, 0) is 22.4 Å². The van der Waals surface area contributed by atoms with E-state index in [2.05, 4.69) is 16.4 Å². The molecule has 0 atom stereocenters. The Morgan fingerprint density at radius 1 is 1.22 bits per heavy atom. The van der Waals surface area contributed by atoms with Crippen LogP contribution in [0.25, 0.3) is 10.2 Å². The number of aromatic nitrogens is 1. The van der Waals surface area contributed by atoms with Crippen LogP contribution in [0.1, 0.15) is 30.3 Å². The zero-order valence-electron chi connectivity index (χ0n) is 15.2. The fourth-order valence-electron chi connectivity index (χ4n) is 3.46. The Morgan fingerprint density at radius 2 is 2.07 bits per heavy atom. The number of anilines is 2. The first kappa shape index (κ1) is 17.7. The van der Waals surface area contributed by atoms with Gasteiger partial charge in [0, 0.05) is 31.3 Å². The SMILES string of the molecule is CC(=O)N1CCc2cc(NC(=O)CCCc3nc4ccccc4s3)ccc21. The molecule has 6 heteroatoms. The minimum absolute atomic E-state index is 0.0116. The molecule has 1 N–H and O–H groups in total. The van der Waals surface area contributed by atoms with E-state index in [0.29, 0.717) is 13.0 Å². The third-order valence-electron chi connectivity index (χ3n) is 4.77. The van der Waals surface area contributed by atoms with Gasteiger partial charge in [-0.2, -0.15) is 0 Å². The summed E-state index contributed by atoms with van der Waals surface area (Å²) in [5.41, 5.74) is 3.89. The molecule has 2 heterocycles. The van der Waals surface area contributed by atoms with Gasteiger partial charge in [0.1, 0.15) is 0 Å². The van der Waals surface area contributed by atoms with Crippen LogP contribution in [0.15, 0.2) is 42.5 Å². The minimum Gasteiger partial charge on any atom is -0.326 e. The molecule has 0 saturated heterocycles. The number of benzene rings is 2. The fourth-order valence-corrected chi connectivity index (χ4v) is 4.47. The highest BCUT2D eigenvalue weighted by molar-refractivity contribution is 7.18. The van der Waals surface area contributed by atoms with Gasteiger partial charge in [0.25, 0.3) is 0 Å². The summed E-state index contributed by atoms with van der Waals surface area (Å²) in [6.45, 7) is 2.29. The summed E-state index contributed by atoms with van der Waals surface area (Å²) >= 11 is 1.69. The highest BCUT2D eigenvalue weighted by Gasteiger charge is 2.22. The maximum atomic E-state index is 12.3. The van der Waals surface area contributed by atoms with Crippen LogP contribution < -0.4 is 10.2 Å². The number of hydrogen-bond donors (Lipinski definition) is 1. The number of carbonyl (C=O) groups excluding carboxylic acids is 2. The molecule has 0 spiro atoms. The summed E-state index contributed by atoms with van der Waals surface area (Å²) in [6, 6.07) is 13.9. The van der Waals surface area contributed by atoms with Gasteiger partial charge in [0.05, 0.1) is 15.2 Å². The normalized spacial score (nSPS) is 13.0. The number of hydrogen-bond acceptors (Lipinski definition) is 4. The monoisotopic (exact) mass is 379 g/mol.